The molecule has 0 aromatic rings. The molecular weight excluding hydrogens is 246 g/mol. The van der Waals surface area contributed by atoms with Crippen LogP contribution in [0.5, 0.6) is 0 Å². The molecule has 2 rings (SSSR count). The zero-order valence-corrected chi connectivity index (χ0v) is 12.3. The lowest BCUT2D eigenvalue weighted by atomic mass is 9.80. The molecule has 2 unspecified atom stereocenters. The Bertz CT molecular complexity index is 306. The number of aliphatic carboxylic acids is 1. The van der Waals surface area contributed by atoms with E-state index in [1.165, 1.54) is 17.9 Å². The van der Waals surface area contributed by atoms with E-state index < -0.39 is 5.97 Å². The summed E-state index contributed by atoms with van der Waals surface area (Å²) in [6, 6.07) is 0.632. The SMILES string of the molecule is CC1(C)CCSCC1N1CCCC(CC(=O)O)C1. The molecule has 0 aromatic carbocycles. The largest absolute Gasteiger partial charge is 0.481 e. The van der Waals surface area contributed by atoms with Crippen molar-refractivity contribution in [2.45, 2.75) is 45.6 Å². The van der Waals surface area contributed by atoms with Crippen molar-refractivity contribution in [3.05, 3.63) is 0 Å². The van der Waals surface area contributed by atoms with Gasteiger partial charge in [0, 0.05) is 24.8 Å². The zero-order valence-electron chi connectivity index (χ0n) is 11.5. The Hall–Kier alpha value is -0.220. The molecule has 0 saturated carbocycles. The van der Waals surface area contributed by atoms with Gasteiger partial charge in [0.2, 0.25) is 0 Å². The van der Waals surface area contributed by atoms with Crippen LogP contribution in [0.3, 0.4) is 0 Å². The molecular formula is C14H25NO2S. The van der Waals surface area contributed by atoms with E-state index in [1.807, 2.05) is 0 Å². The van der Waals surface area contributed by atoms with Crippen LogP contribution in [-0.2, 0) is 4.79 Å². The van der Waals surface area contributed by atoms with Gasteiger partial charge in [-0.3, -0.25) is 9.69 Å². The molecule has 2 aliphatic rings. The lowest BCUT2D eigenvalue weighted by molar-refractivity contribution is -0.138. The van der Waals surface area contributed by atoms with E-state index in [2.05, 4.69) is 30.5 Å². The first-order valence-electron chi connectivity index (χ1n) is 7.02. The van der Waals surface area contributed by atoms with E-state index in [0.29, 0.717) is 23.8 Å². The smallest absolute Gasteiger partial charge is 0.303 e. The molecule has 4 heteroatoms. The van der Waals surface area contributed by atoms with Gasteiger partial charge in [-0.05, 0) is 42.9 Å². The third-order valence-electron chi connectivity index (χ3n) is 4.52. The fourth-order valence-corrected chi connectivity index (χ4v) is 5.04. The molecule has 2 atom stereocenters. The van der Waals surface area contributed by atoms with Crippen molar-refractivity contribution >= 4 is 17.7 Å². The van der Waals surface area contributed by atoms with Gasteiger partial charge in [0.1, 0.15) is 0 Å². The van der Waals surface area contributed by atoms with Crippen molar-refractivity contribution in [3.8, 4) is 0 Å². The first kappa shape index (κ1) is 14.2. The normalized spacial score (nSPS) is 33.2. The molecule has 2 aliphatic heterocycles. The summed E-state index contributed by atoms with van der Waals surface area (Å²) in [5.74, 6) is 2.21. The van der Waals surface area contributed by atoms with E-state index in [1.54, 1.807) is 0 Å². The van der Waals surface area contributed by atoms with Gasteiger partial charge in [0.05, 0.1) is 0 Å². The molecule has 0 spiro atoms. The second kappa shape index (κ2) is 5.83. The van der Waals surface area contributed by atoms with Crippen LogP contribution in [0.1, 0.15) is 39.5 Å². The summed E-state index contributed by atoms with van der Waals surface area (Å²) in [5, 5.41) is 8.94. The fourth-order valence-electron chi connectivity index (χ4n) is 3.32. The van der Waals surface area contributed by atoms with Crippen molar-refractivity contribution in [2.75, 3.05) is 24.6 Å². The van der Waals surface area contributed by atoms with E-state index in [0.717, 1.165) is 25.9 Å². The highest BCUT2D eigenvalue weighted by atomic mass is 32.2. The van der Waals surface area contributed by atoms with Crippen LogP contribution in [0.2, 0.25) is 0 Å². The summed E-state index contributed by atoms with van der Waals surface area (Å²) < 4.78 is 0. The number of rotatable bonds is 3. The number of nitrogens with zero attached hydrogens (tertiary/aromatic N) is 1. The van der Waals surface area contributed by atoms with Crippen LogP contribution in [0.4, 0.5) is 0 Å². The Morgan fingerprint density at radius 3 is 2.94 bits per heavy atom. The average Bonchev–Trinajstić information content (AvgIpc) is 2.27. The Balaban J connectivity index is 1.97. The molecule has 2 saturated heterocycles. The van der Waals surface area contributed by atoms with Crippen LogP contribution in [0.25, 0.3) is 0 Å². The predicted octanol–water partition coefficient (Wildman–Crippen LogP) is 2.70. The first-order valence-corrected chi connectivity index (χ1v) is 8.18. The Morgan fingerprint density at radius 2 is 2.28 bits per heavy atom. The number of carboxylic acids is 1. The molecule has 0 aliphatic carbocycles. The molecule has 3 nitrogen and oxygen atoms in total. The van der Waals surface area contributed by atoms with Crippen LogP contribution in [0.15, 0.2) is 0 Å². The second-order valence-corrected chi connectivity index (χ2v) is 7.58. The number of piperidine rings is 1. The number of hydrogen-bond donors (Lipinski definition) is 1. The summed E-state index contributed by atoms with van der Waals surface area (Å²) in [5.41, 5.74) is 0.385. The van der Waals surface area contributed by atoms with Crippen molar-refractivity contribution in [1.29, 1.82) is 0 Å². The molecule has 1 N–H and O–H groups in total. The minimum Gasteiger partial charge on any atom is -0.481 e. The van der Waals surface area contributed by atoms with Crippen LogP contribution in [-0.4, -0.2) is 46.6 Å². The van der Waals surface area contributed by atoms with E-state index in [9.17, 15) is 4.79 Å². The van der Waals surface area contributed by atoms with Gasteiger partial charge in [-0.25, -0.2) is 0 Å². The van der Waals surface area contributed by atoms with Gasteiger partial charge in [-0.15, -0.1) is 0 Å². The maximum absolute atomic E-state index is 10.9. The minimum absolute atomic E-state index is 0.344. The van der Waals surface area contributed by atoms with Crippen LogP contribution < -0.4 is 0 Å². The topological polar surface area (TPSA) is 40.5 Å². The molecule has 104 valence electrons. The summed E-state index contributed by atoms with van der Waals surface area (Å²) >= 11 is 2.06. The lowest BCUT2D eigenvalue weighted by Gasteiger charge is -2.47. The predicted molar refractivity (Wildman–Crippen MR) is 76.1 cm³/mol. The lowest BCUT2D eigenvalue weighted by Crippen LogP contribution is -2.52. The third kappa shape index (κ3) is 3.41. The Morgan fingerprint density at radius 1 is 1.50 bits per heavy atom. The Labute approximate surface area is 114 Å². The highest BCUT2D eigenvalue weighted by molar-refractivity contribution is 7.99. The van der Waals surface area contributed by atoms with Gasteiger partial charge in [-0.1, -0.05) is 13.8 Å². The van der Waals surface area contributed by atoms with Gasteiger partial charge in [-0.2, -0.15) is 11.8 Å². The highest BCUT2D eigenvalue weighted by Crippen LogP contribution is 2.39. The van der Waals surface area contributed by atoms with Gasteiger partial charge >= 0.3 is 5.97 Å². The quantitative estimate of drug-likeness (QED) is 0.857. The molecule has 0 amide bonds. The average molecular weight is 271 g/mol. The molecule has 0 aromatic heterocycles. The number of thioether (sulfide) groups is 1. The number of hydrogen-bond acceptors (Lipinski definition) is 3. The van der Waals surface area contributed by atoms with Crippen molar-refractivity contribution in [3.63, 3.8) is 0 Å². The third-order valence-corrected chi connectivity index (χ3v) is 5.57. The van der Waals surface area contributed by atoms with Crippen molar-refractivity contribution in [1.82, 2.24) is 4.90 Å². The molecule has 2 heterocycles. The summed E-state index contributed by atoms with van der Waals surface area (Å²) in [6.07, 6.45) is 3.87. The molecule has 0 bridgehead atoms. The maximum Gasteiger partial charge on any atom is 0.303 e. The van der Waals surface area contributed by atoms with Crippen LogP contribution >= 0.6 is 11.8 Å². The first-order chi connectivity index (χ1) is 8.49. The summed E-state index contributed by atoms with van der Waals surface area (Å²) in [6.45, 7) is 6.89. The number of likely N-dealkylation sites (tertiary alicyclic amines) is 1. The van der Waals surface area contributed by atoms with Crippen molar-refractivity contribution in [2.24, 2.45) is 11.3 Å². The monoisotopic (exact) mass is 271 g/mol. The summed E-state index contributed by atoms with van der Waals surface area (Å²) in [7, 11) is 0. The molecule has 18 heavy (non-hydrogen) atoms. The van der Waals surface area contributed by atoms with E-state index in [4.69, 9.17) is 5.11 Å². The Kier molecular flexibility index (Phi) is 4.59. The van der Waals surface area contributed by atoms with E-state index in [-0.39, 0.29) is 0 Å². The highest BCUT2D eigenvalue weighted by Gasteiger charge is 2.38. The second-order valence-electron chi connectivity index (χ2n) is 6.43. The van der Waals surface area contributed by atoms with E-state index >= 15 is 0 Å². The van der Waals surface area contributed by atoms with Crippen molar-refractivity contribution < 1.29 is 9.90 Å². The van der Waals surface area contributed by atoms with Gasteiger partial charge in [0.25, 0.3) is 0 Å². The van der Waals surface area contributed by atoms with Crippen LogP contribution in [0, 0.1) is 11.3 Å². The zero-order chi connectivity index (χ0) is 13.2. The van der Waals surface area contributed by atoms with Gasteiger partial charge in [0.15, 0.2) is 0 Å². The fraction of sp³-hybridized carbons (Fsp3) is 0.929. The number of carboxylic acid groups (broad SMARTS) is 1. The minimum atomic E-state index is -0.640. The maximum atomic E-state index is 10.9. The molecule has 2 fully saturated rings. The summed E-state index contributed by atoms with van der Waals surface area (Å²) in [4.78, 5) is 13.4. The standard InChI is InChI=1S/C14H25NO2S/c1-14(2)5-7-18-10-12(14)15-6-3-4-11(9-15)8-13(16)17/h11-12H,3-10H2,1-2H3,(H,16,17). The number of carbonyl (C=O) groups is 1. The van der Waals surface area contributed by atoms with Gasteiger partial charge < -0.3 is 5.11 Å². The molecule has 0 radical (unpaired) electrons.